The summed E-state index contributed by atoms with van der Waals surface area (Å²) in [7, 11) is 0. The van der Waals surface area contributed by atoms with Crippen molar-refractivity contribution < 1.29 is 28.6 Å². The highest BCUT2D eigenvalue weighted by Gasteiger charge is 2.23. The maximum absolute atomic E-state index is 5.97. The van der Waals surface area contributed by atoms with E-state index in [1.54, 1.807) is 170 Å². The molecule has 0 spiro atoms. The van der Waals surface area contributed by atoms with Crippen LogP contribution >= 0.6 is 0 Å². The molecule has 0 fully saturated rings. The largest absolute Gasteiger partial charge is 0.458 e. The quantitative estimate of drug-likeness (QED) is 0.0574. The number of hydrogen-bond acceptors (Lipinski definition) is 15. The van der Waals surface area contributed by atoms with Crippen molar-refractivity contribution in [3.63, 3.8) is 0 Å². The maximum atomic E-state index is 5.97. The lowest BCUT2D eigenvalue weighted by Crippen LogP contribution is -2.54. The van der Waals surface area contributed by atoms with E-state index in [-0.39, 0.29) is 0 Å². The molecular weight excluding hydrogens is 763 g/mol. The molecule has 7 aromatic rings. The molecule has 304 valence electrons. The Bertz CT molecular complexity index is 2330. The van der Waals surface area contributed by atoms with Crippen LogP contribution in [0.4, 0.5) is 34.1 Å². The van der Waals surface area contributed by atoms with Crippen LogP contribution in [0.25, 0.3) is 0 Å². The number of nitrogen functional groups attached to an aromatic ring is 6. The second kappa shape index (κ2) is 18.7. The average Bonchev–Trinajstić information content (AvgIpc) is 3.23. The smallest absolute Gasteiger partial charge is 0.157 e. The van der Waals surface area contributed by atoms with Crippen molar-refractivity contribution in [2.45, 2.75) is 0 Å². The molecule has 0 radical (unpaired) electrons. The van der Waals surface area contributed by atoms with E-state index in [2.05, 4.69) is 5.53 Å². The highest BCUT2D eigenvalue weighted by Crippen LogP contribution is 2.36. The molecular formula is C45H43N9O6. The summed E-state index contributed by atoms with van der Waals surface area (Å²) in [6, 6.07) is 47.9. The molecule has 0 atom stereocenters. The van der Waals surface area contributed by atoms with Crippen molar-refractivity contribution in [3.05, 3.63) is 176 Å². The Kier molecular flexibility index (Phi) is 12.4. The summed E-state index contributed by atoms with van der Waals surface area (Å²) in [5.74, 6) is 5.98. The van der Waals surface area contributed by atoms with Crippen LogP contribution in [0.1, 0.15) is 0 Å². The van der Waals surface area contributed by atoms with Crippen LogP contribution in [-0.2, 0) is 0 Å². The van der Waals surface area contributed by atoms with Gasteiger partial charge >= 0.3 is 0 Å². The first-order valence-corrected chi connectivity index (χ1v) is 18.5. The van der Waals surface area contributed by atoms with Crippen molar-refractivity contribution in [1.29, 1.82) is 0 Å². The van der Waals surface area contributed by atoms with Gasteiger partial charge in [-0.3, -0.25) is 0 Å². The van der Waals surface area contributed by atoms with Gasteiger partial charge in [-0.2, -0.15) is 0 Å². The number of nitrogens with zero attached hydrogens (tertiary/aromatic N) is 2. The van der Waals surface area contributed by atoms with Crippen molar-refractivity contribution in [1.82, 2.24) is 15.9 Å². The number of nitrogens with two attached hydrogens (primary N) is 6. The van der Waals surface area contributed by atoms with Gasteiger partial charge in [0.1, 0.15) is 58.3 Å². The van der Waals surface area contributed by atoms with E-state index in [0.717, 1.165) is 0 Å². The van der Waals surface area contributed by atoms with Gasteiger partial charge in [-0.25, -0.2) is 0 Å². The van der Waals surface area contributed by atoms with E-state index in [9.17, 15) is 0 Å². The molecule has 0 aromatic heterocycles. The van der Waals surface area contributed by atoms with Gasteiger partial charge in [0.2, 0.25) is 0 Å². The number of ether oxygens (including phenoxy) is 4. The topological polar surface area (TPSA) is 230 Å². The van der Waals surface area contributed by atoms with Crippen molar-refractivity contribution >= 4 is 34.1 Å². The number of nitrogens with one attached hydrogen (secondary N) is 1. The second-order valence-corrected chi connectivity index (χ2v) is 13.2. The van der Waals surface area contributed by atoms with Crippen LogP contribution < -0.4 is 68.6 Å². The number of anilines is 6. The van der Waals surface area contributed by atoms with Crippen molar-refractivity contribution in [3.8, 4) is 51.7 Å². The van der Waals surface area contributed by atoms with Gasteiger partial charge in [0.25, 0.3) is 0 Å². The van der Waals surface area contributed by atoms with Crippen molar-refractivity contribution in [2.24, 2.45) is 0 Å². The molecule has 8 rings (SSSR count). The molecule has 13 N–H and O–H groups in total. The number of hydrogen-bond donors (Lipinski definition) is 7. The van der Waals surface area contributed by atoms with Crippen LogP contribution in [0, 0.1) is 0 Å². The van der Waals surface area contributed by atoms with Gasteiger partial charge in [-0.05, 0) is 151 Å². The highest BCUT2D eigenvalue weighted by atomic mass is 16.8. The highest BCUT2D eigenvalue weighted by molar-refractivity contribution is 5.51. The Labute approximate surface area is 346 Å². The predicted octanol–water partition coefficient (Wildman–Crippen LogP) is 8.49. The van der Waals surface area contributed by atoms with Crippen LogP contribution in [0.3, 0.4) is 0 Å². The van der Waals surface area contributed by atoms with Gasteiger partial charge in [0, 0.05) is 52.3 Å². The molecule has 1 aliphatic rings. The first-order chi connectivity index (χ1) is 29.1. The van der Waals surface area contributed by atoms with Crippen LogP contribution in [0.5, 0.6) is 51.7 Å². The van der Waals surface area contributed by atoms with Gasteiger partial charge in [0.15, 0.2) is 5.75 Å². The van der Waals surface area contributed by atoms with Gasteiger partial charge in [0.05, 0.1) is 6.20 Å². The molecule has 0 bridgehead atoms. The molecule has 7 aromatic carbocycles. The summed E-state index contributed by atoms with van der Waals surface area (Å²) in [5.41, 5.74) is 41.4. The molecule has 0 unspecified atom stereocenters. The monoisotopic (exact) mass is 805 g/mol. The Balaban J connectivity index is 0.000000181. The zero-order valence-corrected chi connectivity index (χ0v) is 32.2. The second-order valence-electron chi connectivity index (χ2n) is 13.2. The number of hydrazine groups is 2. The molecule has 15 nitrogen and oxygen atoms in total. The van der Waals surface area contributed by atoms with E-state index in [1.165, 1.54) is 10.3 Å². The molecule has 0 saturated heterocycles. The molecule has 1 aliphatic heterocycles. The lowest BCUT2D eigenvalue weighted by molar-refractivity contribution is -0.229. The minimum Gasteiger partial charge on any atom is -0.458 e. The molecule has 15 heteroatoms. The third-order valence-corrected chi connectivity index (χ3v) is 8.28. The molecule has 1 heterocycles. The first kappa shape index (κ1) is 39.8. The Morgan fingerprint density at radius 3 is 0.950 bits per heavy atom. The van der Waals surface area contributed by atoms with E-state index < -0.39 is 0 Å². The fourth-order valence-electron chi connectivity index (χ4n) is 5.37. The standard InChI is InChI=1S/C24H21N3O3.C21H22N6O3/c25-16-1-7-19(8-2-16)28-22-13-23(29-20-9-3-17(26)4-10-20)15-24(14-22)30-21-11-5-18(27)6-12-21;22-15-1-7-18(8-2-15)28-21-13-26(29-19-9-3-16(23)4-10-19)25-27(14-21)30-20-11-5-17(24)6-12-20/h1-15H,25-27H2;1-13,25H,14,22-24H2. The number of rotatable bonds is 12. The number of benzene rings is 7. The van der Waals surface area contributed by atoms with E-state index in [4.69, 9.17) is 63.0 Å². The van der Waals surface area contributed by atoms with Gasteiger partial charge in [-0.1, -0.05) is 5.53 Å². The zero-order chi connectivity index (χ0) is 41.8. The fraction of sp³-hybridized carbons (Fsp3) is 0.0222. The lowest BCUT2D eigenvalue weighted by atomic mass is 10.2. The summed E-state index contributed by atoms with van der Waals surface area (Å²) in [5, 5.41) is 2.84. The van der Waals surface area contributed by atoms with E-state index in [1.807, 2.05) is 0 Å². The Hall–Kier alpha value is -8.40. The maximum Gasteiger partial charge on any atom is 0.157 e. The molecule has 0 amide bonds. The zero-order valence-electron chi connectivity index (χ0n) is 32.2. The summed E-state index contributed by atoms with van der Waals surface area (Å²) in [4.78, 5) is 11.7. The minimum absolute atomic E-state index is 0.302. The number of hydroxylamine groups is 2. The summed E-state index contributed by atoms with van der Waals surface area (Å²) >= 11 is 0. The third-order valence-electron chi connectivity index (χ3n) is 8.28. The van der Waals surface area contributed by atoms with E-state index in [0.29, 0.717) is 98.2 Å². The normalized spacial score (nSPS) is 12.3. The first-order valence-electron chi connectivity index (χ1n) is 18.5. The Morgan fingerprint density at radius 1 is 0.333 bits per heavy atom. The molecule has 0 saturated carbocycles. The third kappa shape index (κ3) is 11.8. The van der Waals surface area contributed by atoms with Gasteiger partial charge in [-0.15, -0.1) is 5.17 Å². The molecule has 60 heavy (non-hydrogen) atoms. The van der Waals surface area contributed by atoms with Crippen LogP contribution in [-0.4, -0.2) is 16.9 Å². The van der Waals surface area contributed by atoms with E-state index >= 15 is 0 Å². The minimum atomic E-state index is 0.302. The fourth-order valence-corrected chi connectivity index (χ4v) is 5.37. The van der Waals surface area contributed by atoms with Crippen LogP contribution in [0.15, 0.2) is 176 Å². The predicted molar refractivity (Wildman–Crippen MR) is 233 cm³/mol. The summed E-state index contributed by atoms with van der Waals surface area (Å²) < 4.78 is 23.9. The summed E-state index contributed by atoms with van der Waals surface area (Å²) in [6.45, 7) is 0.302. The lowest BCUT2D eigenvalue weighted by Gasteiger charge is -2.33. The Morgan fingerprint density at radius 2 is 0.617 bits per heavy atom. The van der Waals surface area contributed by atoms with Crippen molar-refractivity contribution in [2.75, 3.05) is 40.9 Å². The van der Waals surface area contributed by atoms with Crippen LogP contribution in [0.2, 0.25) is 0 Å². The molecule has 0 aliphatic carbocycles. The average molecular weight is 806 g/mol. The van der Waals surface area contributed by atoms with Gasteiger partial charge < -0.3 is 63.0 Å². The summed E-state index contributed by atoms with van der Waals surface area (Å²) in [6.07, 6.45) is 1.68. The SMILES string of the molecule is Nc1ccc(OC2=CN(Oc3ccc(N)cc3)NN(Oc3ccc(N)cc3)C2)cc1.Nc1ccc(Oc2cc(Oc3ccc(N)cc3)cc(Oc3ccc(N)cc3)c2)cc1.